The lowest BCUT2D eigenvalue weighted by atomic mass is 10.1. The minimum Gasteiger partial charge on any atom is -0.340 e. The van der Waals surface area contributed by atoms with Crippen LogP contribution in [0, 0.1) is 22.7 Å². The molecule has 0 saturated heterocycles. The van der Waals surface area contributed by atoms with Crippen LogP contribution in [-0.2, 0) is 6.42 Å². The lowest BCUT2D eigenvalue weighted by Gasteiger charge is -2.11. The minimum atomic E-state index is 0.319. The quantitative estimate of drug-likeness (QED) is 0.872. The van der Waals surface area contributed by atoms with Crippen molar-refractivity contribution in [2.45, 2.75) is 19.8 Å². The van der Waals surface area contributed by atoms with E-state index in [2.05, 4.69) is 15.3 Å². The average Bonchev–Trinajstić information content (AvgIpc) is 2.50. The monoisotopic (exact) mass is 297 g/mol. The lowest BCUT2D eigenvalue weighted by Crippen LogP contribution is -2.02. The molecule has 0 spiro atoms. The number of rotatable bonds is 4. The molecule has 0 saturated carbocycles. The molecule has 1 heterocycles. The van der Waals surface area contributed by atoms with Gasteiger partial charge < -0.3 is 5.32 Å². The van der Waals surface area contributed by atoms with Gasteiger partial charge in [0, 0.05) is 11.3 Å². The van der Waals surface area contributed by atoms with E-state index in [0.29, 0.717) is 27.8 Å². The van der Waals surface area contributed by atoms with E-state index in [4.69, 9.17) is 22.1 Å². The molecule has 104 valence electrons. The van der Waals surface area contributed by atoms with Crippen LogP contribution in [0.3, 0.4) is 0 Å². The van der Waals surface area contributed by atoms with E-state index in [1.165, 1.54) is 6.33 Å². The molecule has 0 atom stereocenters. The predicted octanol–water partition coefficient (Wildman–Crippen LogP) is 3.57. The summed E-state index contributed by atoms with van der Waals surface area (Å²) in [6.45, 7) is 2.04. The number of aromatic nitrogens is 2. The minimum absolute atomic E-state index is 0.319. The van der Waals surface area contributed by atoms with E-state index in [1.807, 2.05) is 19.1 Å². The smallest absolute Gasteiger partial charge is 0.138 e. The van der Waals surface area contributed by atoms with Crippen LogP contribution in [0.2, 0.25) is 5.15 Å². The highest BCUT2D eigenvalue weighted by Crippen LogP contribution is 2.25. The summed E-state index contributed by atoms with van der Waals surface area (Å²) in [4.78, 5) is 8.18. The summed E-state index contributed by atoms with van der Waals surface area (Å²) < 4.78 is 0. The van der Waals surface area contributed by atoms with Gasteiger partial charge in [0.05, 0.1) is 11.1 Å². The van der Waals surface area contributed by atoms with Crippen LogP contribution in [0.4, 0.5) is 11.5 Å². The van der Waals surface area contributed by atoms with Crippen molar-refractivity contribution in [1.29, 1.82) is 10.5 Å². The van der Waals surface area contributed by atoms with E-state index >= 15 is 0 Å². The van der Waals surface area contributed by atoms with Crippen LogP contribution in [0.5, 0.6) is 0 Å². The highest BCUT2D eigenvalue weighted by atomic mass is 35.5. The summed E-state index contributed by atoms with van der Waals surface area (Å²) in [7, 11) is 0. The summed E-state index contributed by atoms with van der Waals surface area (Å²) in [6, 6.07) is 8.93. The van der Waals surface area contributed by atoms with E-state index in [9.17, 15) is 0 Å². The van der Waals surface area contributed by atoms with E-state index < -0.39 is 0 Å². The molecule has 0 fully saturated rings. The van der Waals surface area contributed by atoms with Gasteiger partial charge in [-0.3, -0.25) is 0 Å². The summed E-state index contributed by atoms with van der Waals surface area (Å²) in [5.41, 5.74) is 2.18. The van der Waals surface area contributed by atoms with Crippen molar-refractivity contribution in [1.82, 2.24) is 9.97 Å². The fourth-order valence-corrected chi connectivity index (χ4v) is 2.15. The molecule has 2 rings (SSSR count). The zero-order valence-corrected chi connectivity index (χ0v) is 12.1. The number of hydrogen-bond acceptors (Lipinski definition) is 5. The summed E-state index contributed by atoms with van der Waals surface area (Å²) >= 11 is 6.09. The SMILES string of the molecule is CCCc1c(Cl)ncnc1Nc1ccc(C#N)c(C#N)c1. The molecular weight excluding hydrogens is 286 g/mol. The summed E-state index contributed by atoms with van der Waals surface area (Å²) in [5.74, 6) is 0.616. The Balaban J connectivity index is 2.37. The maximum absolute atomic E-state index is 9.05. The van der Waals surface area contributed by atoms with Gasteiger partial charge in [0.25, 0.3) is 0 Å². The fraction of sp³-hybridized carbons (Fsp3) is 0.200. The van der Waals surface area contributed by atoms with Crippen LogP contribution in [0.25, 0.3) is 0 Å². The molecule has 0 aliphatic heterocycles. The van der Waals surface area contributed by atoms with Gasteiger partial charge in [-0.2, -0.15) is 10.5 Å². The van der Waals surface area contributed by atoms with Gasteiger partial charge in [0.2, 0.25) is 0 Å². The summed E-state index contributed by atoms with van der Waals surface area (Å²) in [6.07, 6.45) is 3.06. The molecule has 6 heteroatoms. The first kappa shape index (κ1) is 14.8. The standard InChI is InChI=1S/C15H12ClN5/c1-2-3-13-14(16)19-9-20-15(13)21-12-5-4-10(7-17)11(6-12)8-18/h4-6,9H,2-3H2,1H3,(H,19,20,21). The van der Waals surface area contributed by atoms with Crippen LogP contribution in [-0.4, -0.2) is 9.97 Å². The van der Waals surface area contributed by atoms with E-state index in [1.54, 1.807) is 18.2 Å². The first-order valence-electron chi connectivity index (χ1n) is 6.40. The van der Waals surface area contributed by atoms with Gasteiger partial charge >= 0.3 is 0 Å². The Kier molecular flexibility index (Phi) is 4.71. The van der Waals surface area contributed by atoms with Crippen LogP contribution in [0.1, 0.15) is 30.0 Å². The normalized spacial score (nSPS) is 9.71. The average molecular weight is 298 g/mol. The third-order valence-electron chi connectivity index (χ3n) is 2.92. The van der Waals surface area contributed by atoms with Crippen LogP contribution >= 0.6 is 11.6 Å². The van der Waals surface area contributed by atoms with Crippen molar-refractivity contribution in [3.05, 3.63) is 46.4 Å². The maximum atomic E-state index is 9.05. The first-order valence-corrected chi connectivity index (χ1v) is 6.78. The van der Waals surface area contributed by atoms with Gasteiger partial charge in [-0.25, -0.2) is 9.97 Å². The Bertz CT molecular complexity index is 743. The Hall–Kier alpha value is -2.63. The number of benzene rings is 1. The van der Waals surface area contributed by atoms with Crippen molar-refractivity contribution in [3.8, 4) is 12.1 Å². The molecule has 0 aliphatic rings. The van der Waals surface area contributed by atoms with Crippen molar-refractivity contribution in [2.24, 2.45) is 0 Å². The van der Waals surface area contributed by atoms with Gasteiger partial charge in [0.1, 0.15) is 29.4 Å². The van der Waals surface area contributed by atoms with Gasteiger partial charge in [-0.15, -0.1) is 0 Å². The number of hydrogen-bond donors (Lipinski definition) is 1. The third kappa shape index (κ3) is 3.28. The van der Waals surface area contributed by atoms with Crippen molar-refractivity contribution >= 4 is 23.1 Å². The first-order chi connectivity index (χ1) is 10.2. The third-order valence-corrected chi connectivity index (χ3v) is 3.24. The van der Waals surface area contributed by atoms with Gasteiger partial charge in [0.15, 0.2) is 0 Å². The Morgan fingerprint density at radius 1 is 1.19 bits per heavy atom. The second kappa shape index (κ2) is 6.69. The number of nitrogens with one attached hydrogen (secondary N) is 1. The molecule has 0 amide bonds. The number of anilines is 2. The molecule has 0 radical (unpaired) electrons. The lowest BCUT2D eigenvalue weighted by molar-refractivity contribution is 0.904. The Morgan fingerprint density at radius 3 is 2.62 bits per heavy atom. The summed E-state index contributed by atoms with van der Waals surface area (Å²) in [5, 5.41) is 21.5. The number of nitriles is 2. The molecule has 1 aromatic heterocycles. The van der Waals surface area contributed by atoms with Crippen molar-refractivity contribution < 1.29 is 0 Å². The zero-order chi connectivity index (χ0) is 15.2. The fourth-order valence-electron chi connectivity index (χ4n) is 1.92. The second-order valence-corrected chi connectivity index (χ2v) is 4.71. The molecule has 0 unspecified atom stereocenters. The highest BCUT2D eigenvalue weighted by Gasteiger charge is 2.10. The largest absolute Gasteiger partial charge is 0.340 e. The maximum Gasteiger partial charge on any atom is 0.138 e. The topological polar surface area (TPSA) is 85.4 Å². The number of nitrogens with zero attached hydrogens (tertiary/aromatic N) is 4. The van der Waals surface area contributed by atoms with Gasteiger partial charge in [-0.1, -0.05) is 24.9 Å². The van der Waals surface area contributed by atoms with Crippen molar-refractivity contribution in [2.75, 3.05) is 5.32 Å². The van der Waals surface area contributed by atoms with Crippen molar-refractivity contribution in [3.63, 3.8) is 0 Å². The molecule has 1 N–H and O–H groups in total. The molecule has 21 heavy (non-hydrogen) atoms. The molecule has 5 nitrogen and oxygen atoms in total. The van der Waals surface area contributed by atoms with Crippen LogP contribution in [0.15, 0.2) is 24.5 Å². The van der Waals surface area contributed by atoms with E-state index in [0.717, 1.165) is 18.4 Å². The number of halogens is 1. The second-order valence-electron chi connectivity index (χ2n) is 4.35. The predicted molar refractivity (Wildman–Crippen MR) is 80.2 cm³/mol. The zero-order valence-electron chi connectivity index (χ0n) is 11.4. The molecule has 0 aliphatic carbocycles. The molecular formula is C15H12ClN5. The van der Waals surface area contributed by atoms with Crippen LogP contribution < -0.4 is 5.32 Å². The Morgan fingerprint density at radius 2 is 1.95 bits per heavy atom. The molecule has 2 aromatic rings. The van der Waals surface area contributed by atoms with Gasteiger partial charge in [-0.05, 0) is 24.6 Å². The Labute approximate surface area is 127 Å². The van der Waals surface area contributed by atoms with E-state index in [-0.39, 0.29) is 0 Å². The molecule has 0 bridgehead atoms. The highest BCUT2D eigenvalue weighted by molar-refractivity contribution is 6.30. The molecule has 1 aromatic carbocycles.